The molecular weight excluding hydrogens is 400 g/mol. The van der Waals surface area contributed by atoms with Gasteiger partial charge in [-0.3, -0.25) is 4.79 Å². The summed E-state index contributed by atoms with van der Waals surface area (Å²) < 4.78 is 34.4. The molecule has 0 fully saturated rings. The number of carbonyl (C=O) groups is 1. The average Bonchev–Trinajstić information content (AvgIpc) is 2.77. The normalized spacial score (nSPS) is 12.0. The maximum atomic E-state index is 12.7. The van der Waals surface area contributed by atoms with E-state index in [0.29, 0.717) is 5.56 Å². The SMILES string of the molecule is COc1cc(/C=C/C(=O)NC(c2ccccc2)c2ccc(C)cc2)ccc1OC(F)F. The largest absolute Gasteiger partial charge is 0.493 e. The van der Waals surface area contributed by atoms with Gasteiger partial charge in [0.05, 0.1) is 13.2 Å². The Labute approximate surface area is 180 Å². The van der Waals surface area contributed by atoms with Gasteiger partial charge in [0.1, 0.15) is 0 Å². The number of amides is 1. The lowest BCUT2D eigenvalue weighted by molar-refractivity contribution is -0.116. The summed E-state index contributed by atoms with van der Waals surface area (Å²) in [5.74, 6) is -0.200. The van der Waals surface area contributed by atoms with Crippen molar-refractivity contribution in [1.82, 2.24) is 5.32 Å². The molecule has 0 aliphatic rings. The molecule has 6 heteroatoms. The van der Waals surface area contributed by atoms with Crippen molar-refractivity contribution in [1.29, 1.82) is 0 Å². The number of ether oxygens (including phenoxy) is 2. The predicted octanol–water partition coefficient (Wildman–Crippen LogP) is 5.52. The van der Waals surface area contributed by atoms with Gasteiger partial charge in [0.25, 0.3) is 0 Å². The third kappa shape index (κ3) is 6.15. The summed E-state index contributed by atoms with van der Waals surface area (Å²) in [7, 11) is 1.36. The third-order valence-corrected chi connectivity index (χ3v) is 4.66. The first-order valence-electron chi connectivity index (χ1n) is 9.69. The molecule has 0 heterocycles. The molecule has 3 aromatic rings. The van der Waals surface area contributed by atoms with Crippen LogP contribution in [0.3, 0.4) is 0 Å². The standard InChI is InChI=1S/C25H23F2NO3/c1-17-8-12-20(13-9-17)24(19-6-4-3-5-7-19)28-23(29)15-11-18-10-14-21(31-25(26)27)22(16-18)30-2/h3-16,24-25H,1-2H3,(H,28,29)/b15-11+. The Kier molecular flexibility index (Phi) is 7.38. The monoisotopic (exact) mass is 423 g/mol. The van der Waals surface area contributed by atoms with Gasteiger partial charge in [0, 0.05) is 6.08 Å². The van der Waals surface area contributed by atoms with Crippen molar-refractivity contribution in [2.45, 2.75) is 19.6 Å². The molecule has 3 aromatic carbocycles. The van der Waals surface area contributed by atoms with Gasteiger partial charge in [-0.05, 0) is 41.8 Å². The predicted molar refractivity (Wildman–Crippen MR) is 116 cm³/mol. The van der Waals surface area contributed by atoms with Gasteiger partial charge in [0.15, 0.2) is 11.5 Å². The highest BCUT2D eigenvalue weighted by atomic mass is 19.3. The summed E-state index contributed by atoms with van der Waals surface area (Å²) in [5.41, 5.74) is 3.67. The van der Waals surface area contributed by atoms with E-state index in [-0.39, 0.29) is 23.4 Å². The van der Waals surface area contributed by atoms with Gasteiger partial charge in [0.2, 0.25) is 5.91 Å². The van der Waals surface area contributed by atoms with E-state index in [0.717, 1.165) is 16.7 Å². The number of alkyl halides is 2. The number of halogens is 2. The quantitative estimate of drug-likeness (QED) is 0.485. The Morgan fingerprint density at radius 2 is 1.61 bits per heavy atom. The van der Waals surface area contributed by atoms with Gasteiger partial charge in [-0.25, -0.2) is 0 Å². The van der Waals surface area contributed by atoms with Crippen molar-refractivity contribution in [2.24, 2.45) is 0 Å². The zero-order valence-corrected chi connectivity index (χ0v) is 17.2. The van der Waals surface area contributed by atoms with E-state index >= 15 is 0 Å². The molecule has 0 aliphatic carbocycles. The van der Waals surface area contributed by atoms with Crippen LogP contribution in [0.15, 0.2) is 78.9 Å². The van der Waals surface area contributed by atoms with Crippen molar-refractivity contribution in [3.05, 3.63) is 101 Å². The first kappa shape index (κ1) is 22.0. The van der Waals surface area contributed by atoms with Crippen LogP contribution in [-0.4, -0.2) is 19.6 Å². The molecule has 0 aliphatic heterocycles. The number of nitrogens with one attached hydrogen (secondary N) is 1. The van der Waals surface area contributed by atoms with Gasteiger partial charge in [-0.2, -0.15) is 8.78 Å². The van der Waals surface area contributed by atoms with Crippen LogP contribution >= 0.6 is 0 Å². The van der Waals surface area contributed by atoms with Crippen LogP contribution in [0.4, 0.5) is 8.78 Å². The Balaban J connectivity index is 1.78. The lowest BCUT2D eigenvalue weighted by Crippen LogP contribution is -2.27. The second-order valence-corrected chi connectivity index (χ2v) is 6.89. The fourth-order valence-electron chi connectivity index (χ4n) is 3.11. The van der Waals surface area contributed by atoms with Crippen LogP contribution in [-0.2, 0) is 4.79 Å². The average molecular weight is 423 g/mol. The summed E-state index contributed by atoms with van der Waals surface area (Å²) in [6.45, 7) is -0.938. The summed E-state index contributed by atoms with van der Waals surface area (Å²) >= 11 is 0. The molecular formula is C25H23F2NO3. The maximum Gasteiger partial charge on any atom is 0.387 e. The minimum atomic E-state index is -2.95. The number of hydrogen-bond donors (Lipinski definition) is 1. The number of benzene rings is 3. The van der Waals surface area contributed by atoms with E-state index < -0.39 is 6.61 Å². The smallest absolute Gasteiger partial charge is 0.387 e. The number of carbonyl (C=O) groups excluding carboxylic acids is 1. The summed E-state index contributed by atoms with van der Waals surface area (Å²) in [4.78, 5) is 12.7. The van der Waals surface area contributed by atoms with E-state index in [1.165, 1.54) is 25.3 Å². The second-order valence-electron chi connectivity index (χ2n) is 6.89. The molecule has 1 atom stereocenters. The van der Waals surface area contributed by atoms with Crippen LogP contribution in [0.2, 0.25) is 0 Å². The number of rotatable bonds is 8. The highest BCUT2D eigenvalue weighted by Crippen LogP contribution is 2.30. The molecule has 160 valence electrons. The Hall–Kier alpha value is -3.67. The molecule has 31 heavy (non-hydrogen) atoms. The van der Waals surface area contributed by atoms with Crippen molar-refractivity contribution >= 4 is 12.0 Å². The first-order chi connectivity index (χ1) is 15.0. The van der Waals surface area contributed by atoms with E-state index in [1.54, 1.807) is 12.1 Å². The first-order valence-corrected chi connectivity index (χ1v) is 9.69. The van der Waals surface area contributed by atoms with Gasteiger partial charge in [-0.15, -0.1) is 0 Å². The zero-order valence-electron chi connectivity index (χ0n) is 17.2. The van der Waals surface area contributed by atoms with Crippen molar-refractivity contribution in [3.63, 3.8) is 0 Å². The molecule has 1 N–H and O–H groups in total. The Bertz CT molecular complexity index is 1030. The lowest BCUT2D eigenvalue weighted by atomic mass is 9.98. The molecule has 4 nitrogen and oxygen atoms in total. The third-order valence-electron chi connectivity index (χ3n) is 4.66. The summed E-state index contributed by atoms with van der Waals surface area (Å²) in [6.07, 6.45) is 2.98. The molecule has 1 amide bonds. The van der Waals surface area contributed by atoms with Crippen LogP contribution in [0.1, 0.15) is 28.3 Å². The fraction of sp³-hybridized carbons (Fsp3) is 0.160. The summed E-state index contributed by atoms with van der Waals surface area (Å²) in [6, 6.07) is 21.8. The lowest BCUT2D eigenvalue weighted by Gasteiger charge is -2.19. The van der Waals surface area contributed by atoms with Gasteiger partial charge < -0.3 is 14.8 Å². The van der Waals surface area contributed by atoms with Crippen molar-refractivity contribution < 1.29 is 23.0 Å². The minimum absolute atomic E-state index is 0.0670. The van der Waals surface area contributed by atoms with Crippen molar-refractivity contribution in [3.8, 4) is 11.5 Å². The molecule has 0 saturated carbocycles. The molecule has 0 aromatic heterocycles. The zero-order chi connectivity index (χ0) is 22.2. The maximum absolute atomic E-state index is 12.7. The fourth-order valence-corrected chi connectivity index (χ4v) is 3.11. The highest BCUT2D eigenvalue weighted by molar-refractivity contribution is 5.92. The molecule has 0 bridgehead atoms. The van der Waals surface area contributed by atoms with Crippen LogP contribution in [0.5, 0.6) is 11.5 Å². The van der Waals surface area contributed by atoms with Crippen molar-refractivity contribution in [2.75, 3.05) is 7.11 Å². The van der Waals surface area contributed by atoms with E-state index in [4.69, 9.17) is 4.74 Å². The molecule has 0 spiro atoms. The summed E-state index contributed by atoms with van der Waals surface area (Å²) in [5, 5.41) is 3.02. The molecule has 3 rings (SSSR count). The second kappa shape index (κ2) is 10.4. The van der Waals surface area contributed by atoms with E-state index in [9.17, 15) is 13.6 Å². The minimum Gasteiger partial charge on any atom is -0.493 e. The molecule has 0 radical (unpaired) electrons. The van der Waals surface area contributed by atoms with Crippen LogP contribution in [0.25, 0.3) is 6.08 Å². The number of aryl methyl sites for hydroxylation is 1. The number of hydrogen-bond acceptors (Lipinski definition) is 3. The molecule has 0 saturated heterocycles. The highest BCUT2D eigenvalue weighted by Gasteiger charge is 2.16. The van der Waals surface area contributed by atoms with E-state index in [2.05, 4.69) is 10.1 Å². The van der Waals surface area contributed by atoms with E-state index in [1.807, 2.05) is 61.5 Å². The number of methoxy groups -OCH3 is 1. The Morgan fingerprint density at radius 1 is 0.935 bits per heavy atom. The molecule has 1 unspecified atom stereocenters. The van der Waals surface area contributed by atoms with Crippen LogP contribution in [0, 0.1) is 6.92 Å². The van der Waals surface area contributed by atoms with Crippen LogP contribution < -0.4 is 14.8 Å². The Morgan fingerprint density at radius 3 is 2.26 bits per heavy atom. The topological polar surface area (TPSA) is 47.6 Å². The van der Waals surface area contributed by atoms with Gasteiger partial charge >= 0.3 is 6.61 Å². The van der Waals surface area contributed by atoms with Gasteiger partial charge in [-0.1, -0.05) is 66.2 Å².